The number of halogens is 1. The van der Waals surface area contributed by atoms with E-state index in [1.165, 1.54) is 11.6 Å². The summed E-state index contributed by atoms with van der Waals surface area (Å²) in [6.45, 7) is 2.71. The van der Waals surface area contributed by atoms with Crippen LogP contribution < -0.4 is 26.8 Å². The Hall–Kier alpha value is -2.06. The van der Waals surface area contributed by atoms with Crippen LogP contribution in [-0.2, 0) is 0 Å². The number of hydrogen-bond donors (Lipinski definition) is 4. The number of fused-ring (bicyclic) bond motifs is 1. The number of pyridine rings is 1. The Morgan fingerprint density at radius 3 is 2.89 bits per heavy atom. The van der Waals surface area contributed by atoms with E-state index in [0.717, 1.165) is 43.7 Å². The zero-order valence-electron chi connectivity index (χ0n) is 15.8. The molecule has 0 spiro atoms. The maximum absolute atomic E-state index is 14.4. The molecule has 7 heteroatoms. The zero-order chi connectivity index (χ0) is 19.1. The lowest BCUT2D eigenvalue weighted by Crippen LogP contribution is -2.46. The predicted octanol–water partition coefficient (Wildman–Crippen LogP) is 1.63. The highest BCUT2D eigenvalue weighted by Gasteiger charge is 2.42. The van der Waals surface area contributed by atoms with Crippen LogP contribution in [0.4, 0.5) is 10.1 Å². The fraction of sp³-hybridized carbons (Fsp3) is 0.476. The van der Waals surface area contributed by atoms with E-state index >= 15 is 0 Å². The molecule has 4 unspecified atom stereocenters. The number of hydrogen-bond acceptors (Lipinski definition) is 6. The highest BCUT2D eigenvalue weighted by molar-refractivity contribution is 5.48. The molecule has 3 aliphatic heterocycles. The normalized spacial score (nSPS) is 32.5. The minimum atomic E-state index is -0.147. The monoisotopic (exact) mass is 382 g/mol. The molecule has 28 heavy (non-hydrogen) atoms. The van der Waals surface area contributed by atoms with Gasteiger partial charge in [-0.2, -0.15) is 0 Å². The van der Waals surface area contributed by atoms with E-state index in [-0.39, 0.29) is 30.0 Å². The average Bonchev–Trinajstić information content (AvgIpc) is 3.34. The smallest absolute Gasteiger partial charge is 0.128 e. The van der Waals surface area contributed by atoms with Crippen molar-refractivity contribution in [3.8, 4) is 0 Å². The highest BCUT2D eigenvalue weighted by atomic mass is 19.1. The lowest BCUT2D eigenvalue weighted by molar-refractivity contribution is 0.264. The van der Waals surface area contributed by atoms with E-state index in [2.05, 4.69) is 32.1 Å². The molecule has 1 aromatic carbocycles. The summed E-state index contributed by atoms with van der Waals surface area (Å²) >= 11 is 0. The quantitative estimate of drug-likeness (QED) is 0.646. The summed E-state index contributed by atoms with van der Waals surface area (Å²) in [5, 5.41) is 3.64. The molecule has 3 fully saturated rings. The van der Waals surface area contributed by atoms with Crippen molar-refractivity contribution in [1.82, 2.24) is 21.2 Å². The Kier molecular flexibility index (Phi) is 4.76. The van der Waals surface area contributed by atoms with Gasteiger partial charge in [-0.25, -0.2) is 9.82 Å². The molecule has 2 aromatic rings. The molecular formula is C21H27FN6. The second-order valence-electron chi connectivity index (χ2n) is 8.23. The molecule has 3 saturated heterocycles. The predicted molar refractivity (Wildman–Crippen MR) is 107 cm³/mol. The molecule has 6 nitrogen and oxygen atoms in total. The third-order valence-electron chi connectivity index (χ3n) is 6.44. The molecule has 5 N–H and O–H groups in total. The maximum atomic E-state index is 14.4. The van der Waals surface area contributed by atoms with Gasteiger partial charge < -0.3 is 16.0 Å². The Labute approximate surface area is 164 Å². The lowest BCUT2D eigenvalue weighted by Gasteiger charge is -2.35. The van der Waals surface area contributed by atoms with Gasteiger partial charge in [0.2, 0.25) is 0 Å². The van der Waals surface area contributed by atoms with E-state index in [1.54, 1.807) is 6.07 Å². The average molecular weight is 382 g/mol. The SMILES string of the molecule is N[C@@H]1CCN(c2cncc(C3CC4C(CN3)NNC4c3ccccc3F)c2)C1. The van der Waals surface area contributed by atoms with E-state index in [0.29, 0.717) is 5.92 Å². The minimum absolute atomic E-state index is 0.0245. The lowest BCUT2D eigenvalue weighted by atomic mass is 9.80. The van der Waals surface area contributed by atoms with E-state index in [1.807, 2.05) is 24.5 Å². The van der Waals surface area contributed by atoms with Gasteiger partial charge in [-0.15, -0.1) is 0 Å². The number of aromatic nitrogens is 1. The topological polar surface area (TPSA) is 78.2 Å². The molecule has 5 rings (SSSR count). The molecule has 0 bridgehead atoms. The summed E-state index contributed by atoms with van der Waals surface area (Å²) in [5.41, 5.74) is 15.8. The van der Waals surface area contributed by atoms with Gasteiger partial charge in [-0.3, -0.25) is 10.4 Å². The first-order valence-corrected chi connectivity index (χ1v) is 10.1. The molecular weight excluding hydrogens is 355 g/mol. The second-order valence-corrected chi connectivity index (χ2v) is 8.23. The molecule has 0 aliphatic carbocycles. The van der Waals surface area contributed by atoms with Crippen molar-refractivity contribution < 1.29 is 4.39 Å². The largest absolute Gasteiger partial charge is 0.369 e. The van der Waals surface area contributed by atoms with Crippen LogP contribution in [0.2, 0.25) is 0 Å². The van der Waals surface area contributed by atoms with Crippen molar-refractivity contribution >= 4 is 5.69 Å². The van der Waals surface area contributed by atoms with E-state index < -0.39 is 0 Å². The zero-order valence-corrected chi connectivity index (χ0v) is 15.8. The summed E-state index contributed by atoms with van der Waals surface area (Å²) in [7, 11) is 0. The Morgan fingerprint density at radius 1 is 1.18 bits per heavy atom. The fourth-order valence-corrected chi connectivity index (χ4v) is 4.89. The number of anilines is 1. The van der Waals surface area contributed by atoms with Crippen molar-refractivity contribution in [3.05, 3.63) is 59.7 Å². The van der Waals surface area contributed by atoms with Crippen LogP contribution in [0.5, 0.6) is 0 Å². The number of hydrazine groups is 1. The highest BCUT2D eigenvalue weighted by Crippen LogP contribution is 2.39. The molecule has 148 valence electrons. The van der Waals surface area contributed by atoms with Crippen molar-refractivity contribution in [1.29, 1.82) is 0 Å². The van der Waals surface area contributed by atoms with Gasteiger partial charge >= 0.3 is 0 Å². The molecule has 0 radical (unpaired) electrons. The standard InChI is InChI=1S/C21H27FN6/c22-18-4-2-1-3-16(18)21-17-8-19(25-11-20(17)26-27-21)13-7-15(10-24-9-13)28-6-5-14(23)12-28/h1-4,7,9-10,14,17,19-21,25-27H,5-6,8,11-12,23H2/t14-,17?,19?,20?,21?/m1/s1. The second kappa shape index (κ2) is 7.40. The minimum Gasteiger partial charge on any atom is -0.369 e. The van der Waals surface area contributed by atoms with Crippen molar-refractivity contribution in [3.63, 3.8) is 0 Å². The number of nitrogens with zero attached hydrogens (tertiary/aromatic N) is 2. The number of piperidine rings is 1. The summed E-state index contributed by atoms with van der Waals surface area (Å²) in [6, 6.07) is 10.0. The van der Waals surface area contributed by atoms with Gasteiger partial charge in [0.15, 0.2) is 0 Å². The van der Waals surface area contributed by atoms with Gasteiger partial charge in [-0.1, -0.05) is 18.2 Å². The summed E-state index contributed by atoms with van der Waals surface area (Å²) in [6.07, 6.45) is 5.82. The Balaban J connectivity index is 1.36. The van der Waals surface area contributed by atoms with Crippen LogP contribution in [0.25, 0.3) is 0 Å². The molecule has 5 atom stereocenters. The van der Waals surface area contributed by atoms with Gasteiger partial charge in [-0.05, 0) is 36.5 Å². The first-order valence-electron chi connectivity index (χ1n) is 10.1. The third kappa shape index (κ3) is 3.28. The number of rotatable bonds is 3. The van der Waals surface area contributed by atoms with Crippen molar-refractivity contribution in [2.24, 2.45) is 11.7 Å². The summed E-state index contributed by atoms with van der Waals surface area (Å²) in [4.78, 5) is 6.81. The molecule has 0 saturated carbocycles. The maximum Gasteiger partial charge on any atom is 0.128 e. The van der Waals surface area contributed by atoms with Gasteiger partial charge in [0.05, 0.1) is 17.9 Å². The van der Waals surface area contributed by atoms with Crippen LogP contribution in [0.3, 0.4) is 0 Å². The Morgan fingerprint density at radius 2 is 2.07 bits per heavy atom. The third-order valence-corrected chi connectivity index (χ3v) is 6.44. The first kappa shape index (κ1) is 18.0. The van der Waals surface area contributed by atoms with Crippen LogP contribution in [-0.4, -0.2) is 36.7 Å². The van der Waals surface area contributed by atoms with Crippen LogP contribution in [0.15, 0.2) is 42.7 Å². The first-order chi connectivity index (χ1) is 13.7. The van der Waals surface area contributed by atoms with Gasteiger partial charge in [0.1, 0.15) is 5.82 Å². The number of nitrogens with one attached hydrogen (secondary N) is 3. The Bertz CT molecular complexity index is 845. The molecule has 0 amide bonds. The summed E-state index contributed by atoms with van der Waals surface area (Å²) < 4.78 is 14.4. The van der Waals surface area contributed by atoms with Crippen molar-refractivity contribution in [2.75, 3.05) is 24.5 Å². The molecule has 4 heterocycles. The summed E-state index contributed by atoms with van der Waals surface area (Å²) in [5.74, 6) is 0.165. The fourth-order valence-electron chi connectivity index (χ4n) is 4.89. The molecule has 3 aliphatic rings. The van der Waals surface area contributed by atoms with Gasteiger partial charge in [0.25, 0.3) is 0 Å². The van der Waals surface area contributed by atoms with Crippen LogP contribution >= 0.6 is 0 Å². The number of benzene rings is 1. The van der Waals surface area contributed by atoms with E-state index in [9.17, 15) is 4.39 Å². The number of nitrogens with two attached hydrogens (primary N) is 1. The molecule has 1 aromatic heterocycles. The van der Waals surface area contributed by atoms with E-state index in [4.69, 9.17) is 5.73 Å². The van der Waals surface area contributed by atoms with Crippen LogP contribution in [0.1, 0.15) is 36.1 Å². The van der Waals surface area contributed by atoms with Crippen LogP contribution in [0, 0.1) is 11.7 Å². The van der Waals surface area contributed by atoms with Crippen molar-refractivity contribution in [2.45, 2.75) is 37.0 Å². The van der Waals surface area contributed by atoms with Gasteiger partial charge in [0, 0.05) is 49.5 Å².